The van der Waals surface area contributed by atoms with Crippen LogP contribution in [-0.2, 0) is 0 Å². The van der Waals surface area contributed by atoms with Crippen molar-refractivity contribution in [2.75, 3.05) is 0 Å². The Hall–Kier alpha value is -1.51. The highest BCUT2D eigenvalue weighted by atomic mass is 16.2. The minimum Gasteiger partial charge on any atom is -0.336 e. The second kappa shape index (κ2) is 6.43. The van der Waals surface area contributed by atoms with Crippen LogP contribution in [0, 0.1) is 0 Å². The van der Waals surface area contributed by atoms with Gasteiger partial charge < -0.3 is 10.6 Å². The van der Waals surface area contributed by atoms with Gasteiger partial charge in [0.25, 0.3) is 0 Å². The molecule has 1 aromatic rings. The van der Waals surface area contributed by atoms with E-state index in [2.05, 4.69) is 48.7 Å². The normalized spacial score (nSPS) is 12.6. The van der Waals surface area contributed by atoms with E-state index in [9.17, 15) is 4.79 Å². The van der Waals surface area contributed by atoms with Gasteiger partial charge in [-0.1, -0.05) is 38.1 Å². The minimum atomic E-state index is -0.120. The molecule has 100 valence electrons. The largest absolute Gasteiger partial charge is 0.336 e. The SMILES string of the molecule is CC(C)NC(=O)NC(C)c1ccc(C(C)C)cc1. The highest BCUT2D eigenvalue weighted by Crippen LogP contribution is 2.18. The molecular weight excluding hydrogens is 224 g/mol. The van der Waals surface area contributed by atoms with Crippen LogP contribution in [0.3, 0.4) is 0 Å². The fourth-order valence-electron chi connectivity index (χ4n) is 1.75. The molecule has 0 saturated carbocycles. The van der Waals surface area contributed by atoms with Gasteiger partial charge in [-0.05, 0) is 37.8 Å². The summed E-state index contributed by atoms with van der Waals surface area (Å²) in [5.74, 6) is 0.534. The quantitative estimate of drug-likeness (QED) is 0.840. The first-order chi connectivity index (χ1) is 8.40. The fraction of sp³-hybridized carbons (Fsp3) is 0.533. The molecule has 1 rings (SSSR count). The van der Waals surface area contributed by atoms with Gasteiger partial charge in [-0.2, -0.15) is 0 Å². The molecule has 1 atom stereocenters. The number of carbonyl (C=O) groups is 1. The maximum atomic E-state index is 11.6. The lowest BCUT2D eigenvalue weighted by Gasteiger charge is -2.17. The van der Waals surface area contributed by atoms with Crippen LogP contribution in [0.2, 0.25) is 0 Å². The maximum absolute atomic E-state index is 11.6. The van der Waals surface area contributed by atoms with E-state index in [4.69, 9.17) is 0 Å². The summed E-state index contributed by atoms with van der Waals surface area (Å²) < 4.78 is 0. The van der Waals surface area contributed by atoms with Crippen LogP contribution < -0.4 is 10.6 Å². The Kier molecular flexibility index (Phi) is 5.20. The Morgan fingerprint density at radius 3 is 1.83 bits per heavy atom. The molecule has 1 aromatic carbocycles. The van der Waals surface area contributed by atoms with Crippen LogP contribution in [0.4, 0.5) is 4.79 Å². The van der Waals surface area contributed by atoms with Gasteiger partial charge in [-0.25, -0.2) is 4.79 Å². The molecule has 0 saturated heterocycles. The van der Waals surface area contributed by atoms with E-state index in [1.807, 2.05) is 20.8 Å². The lowest BCUT2D eigenvalue weighted by molar-refractivity contribution is 0.235. The number of benzene rings is 1. The van der Waals surface area contributed by atoms with Crippen molar-refractivity contribution in [1.29, 1.82) is 0 Å². The average molecular weight is 248 g/mol. The average Bonchev–Trinajstić information content (AvgIpc) is 2.27. The smallest absolute Gasteiger partial charge is 0.315 e. The summed E-state index contributed by atoms with van der Waals surface area (Å²) in [4.78, 5) is 11.6. The predicted molar refractivity (Wildman–Crippen MR) is 75.7 cm³/mol. The van der Waals surface area contributed by atoms with Gasteiger partial charge >= 0.3 is 6.03 Å². The van der Waals surface area contributed by atoms with Crippen LogP contribution in [0.15, 0.2) is 24.3 Å². The van der Waals surface area contributed by atoms with Crippen LogP contribution in [0.1, 0.15) is 57.7 Å². The zero-order valence-electron chi connectivity index (χ0n) is 11.9. The summed E-state index contributed by atoms with van der Waals surface area (Å²) in [7, 11) is 0. The molecule has 1 unspecified atom stereocenters. The molecule has 0 radical (unpaired) electrons. The summed E-state index contributed by atoms with van der Waals surface area (Å²) >= 11 is 0. The molecule has 0 fully saturated rings. The van der Waals surface area contributed by atoms with Crippen LogP contribution >= 0.6 is 0 Å². The summed E-state index contributed by atoms with van der Waals surface area (Å²) in [6, 6.07) is 8.46. The molecule has 2 amide bonds. The van der Waals surface area contributed by atoms with Gasteiger partial charge in [0.05, 0.1) is 6.04 Å². The van der Waals surface area contributed by atoms with Gasteiger partial charge in [-0.3, -0.25) is 0 Å². The number of urea groups is 1. The number of rotatable bonds is 4. The van der Waals surface area contributed by atoms with Crippen molar-refractivity contribution >= 4 is 6.03 Å². The van der Waals surface area contributed by atoms with E-state index in [0.717, 1.165) is 5.56 Å². The van der Waals surface area contributed by atoms with Gasteiger partial charge in [0.1, 0.15) is 0 Å². The molecule has 0 aliphatic rings. The Labute approximate surface area is 110 Å². The van der Waals surface area contributed by atoms with Gasteiger partial charge in [0, 0.05) is 6.04 Å². The van der Waals surface area contributed by atoms with E-state index in [0.29, 0.717) is 5.92 Å². The van der Waals surface area contributed by atoms with Gasteiger partial charge in [0.2, 0.25) is 0 Å². The van der Waals surface area contributed by atoms with Crippen molar-refractivity contribution in [1.82, 2.24) is 10.6 Å². The molecule has 2 N–H and O–H groups in total. The second-order valence-corrected chi connectivity index (χ2v) is 5.32. The highest BCUT2D eigenvalue weighted by molar-refractivity contribution is 5.74. The van der Waals surface area contributed by atoms with E-state index in [1.54, 1.807) is 0 Å². The molecule has 0 aromatic heterocycles. The van der Waals surface area contributed by atoms with Crippen molar-refractivity contribution in [2.45, 2.75) is 52.6 Å². The zero-order valence-corrected chi connectivity index (χ0v) is 11.9. The lowest BCUT2D eigenvalue weighted by Crippen LogP contribution is -2.40. The Balaban J connectivity index is 2.61. The molecule has 0 bridgehead atoms. The number of hydrogen-bond acceptors (Lipinski definition) is 1. The van der Waals surface area contributed by atoms with Gasteiger partial charge in [0.15, 0.2) is 0 Å². The van der Waals surface area contributed by atoms with Crippen molar-refractivity contribution in [3.63, 3.8) is 0 Å². The molecule has 3 heteroatoms. The van der Waals surface area contributed by atoms with E-state index in [-0.39, 0.29) is 18.1 Å². The summed E-state index contributed by atoms with van der Waals surface area (Å²) in [5.41, 5.74) is 2.44. The van der Waals surface area contributed by atoms with E-state index >= 15 is 0 Å². The minimum absolute atomic E-state index is 0.0185. The Morgan fingerprint density at radius 2 is 1.39 bits per heavy atom. The summed E-state index contributed by atoms with van der Waals surface area (Å²) in [6.07, 6.45) is 0. The molecule has 0 aliphatic carbocycles. The second-order valence-electron chi connectivity index (χ2n) is 5.32. The molecule has 0 aliphatic heterocycles. The van der Waals surface area contributed by atoms with E-state index < -0.39 is 0 Å². The maximum Gasteiger partial charge on any atom is 0.315 e. The number of carbonyl (C=O) groups excluding carboxylic acids is 1. The number of amides is 2. The van der Waals surface area contributed by atoms with Crippen LogP contribution in [0.25, 0.3) is 0 Å². The van der Waals surface area contributed by atoms with Crippen molar-refractivity contribution in [3.8, 4) is 0 Å². The number of hydrogen-bond donors (Lipinski definition) is 2. The number of nitrogens with one attached hydrogen (secondary N) is 2. The topological polar surface area (TPSA) is 41.1 Å². The van der Waals surface area contributed by atoms with Crippen molar-refractivity contribution < 1.29 is 4.79 Å². The fourth-order valence-corrected chi connectivity index (χ4v) is 1.75. The van der Waals surface area contributed by atoms with Crippen molar-refractivity contribution in [3.05, 3.63) is 35.4 Å². The standard InChI is InChI=1S/C15H24N2O/c1-10(2)13-6-8-14(9-7-13)12(5)17-15(18)16-11(3)4/h6-12H,1-5H3,(H2,16,17,18). The summed E-state index contributed by atoms with van der Waals surface area (Å²) in [6.45, 7) is 10.2. The first-order valence-electron chi connectivity index (χ1n) is 6.57. The predicted octanol–water partition coefficient (Wildman–Crippen LogP) is 3.58. The lowest BCUT2D eigenvalue weighted by atomic mass is 10.00. The van der Waals surface area contributed by atoms with Crippen molar-refractivity contribution in [2.24, 2.45) is 0 Å². The van der Waals surface area contributed by atoms with E-state index in [1.165, 1.54) is 5.56 Å². The third-order valence-corrected chi connectivity index (χ3v) is 2.87. The van der Waals surface area contributed by atoms with Crippen LogP contribution in [-0.4, -0.2) is 12.1 Å². The van der Waals surface area contributed by atoms with Crippen LogP contribution in [0.5, 0.6) is 0 Å². The first kappa shape index (κ1) is 14.6. The molecular formula is C15H24N2O. The Morgan fingerprint density at radius 1 is 0.889 bits per heavy atom. The summed E-state index contributed by atoms with van der Waals surface area (Å²) in [5, 5.41) is 5.75. The van der Waals surface area contributed by atoms with Gasteiger partial charge in [-0.15, -0.1) is 0 Å². The molecule has 18 heavy (non-hydrogen) atoms. The molecule has 0 heterocycles. The first-order valence-corrected chi connectivity index (χ1v) is 6.57. The molecule has 3 nitrogen and oxygen atoms in total. The molecule has 0 spiro atoms. The highest BCUT2D eigenvalue weighted by Gasteiger charge is 2.10. The third-order valence-electron chi connectivity index (χ3n) is 2.87. The zero-order chi connectivity index (χ0) is 13.7. The third kappa shape index (κ3) is 4.40. The monoisotopic (exact) mass is 248 g/mol. The Bertz CT molecular complexity index is 382.